The minimum atomic E-state index is 0. The van der Waals surface area contributed by atoms with Crippen molar-refractivity contribution in [2.75, 3.05) is 5.32 Å². The van der Waals surface area contributed by atoms with E-state index in [0.29, 0.717) is 12.1 Å². The number of nitrogens with one attached hydrogen (secondary N) is 2. The maximum absolute atomic E-state index is 4.73. The molecule has 0 saturated heterocycles. The van der Waals surface area contributed by atoms with Crippen LogP contribution in [0.2, 0.25) is 0 Å². The maximum atomic E-state index is 4.73. The third-order valence-electron chi connectivity index (χ3n) is 3.46. The van der Waals surface area contributed by atoms with E-state index in [-0.39, 0.29) is 12.4 Å². The standard InChI is InChI=1S/C12H17N3S.ClH/c1-8-6-16-7-11(8)15-12-13-9-4-2-3-5-10(9)14-12;/h6-7,9-10H,2-5H2,1H3,(H2,13,14,15);1H. The Balaban J connectivity index is 0.00000108. The summed E-state index contributed by atoms with van der Waals surface area (Å²) in [5.74, 6) is 0.971. The summed E-state index contributed by atoms with van der Waals surface area (Å²) in [6, 6.07) is 1.09. The second-order valence-corrected chi connectivity index (χ2v) is 5.42. The fourth-order valence-electron chi connectivity index (χ4n) is 2.50. The Morgan fingerprint density at radius 3 is 2.88 bits per heavy atom. The molecule has 2 unspecified atom stereocenters. The van der Waals surface area contributed by atoms with Gasteiger partial charge in [0.25, 0.3) is 0 Å². The Kier molecular flexibility index (Phi) is 3.94. The van der Waals surface area contributed by atoms with E-state index in [1.54, 1.807) is 11.3 Å². The van der Waals surface area contributed by atoms with Gasteiger partial charge < -0.3 is 10.6 Å². The Morgan fingerprint density at radius 2 is 2.18 bits per heavy atom. The normalized spacial score (nSPS) is 26.5. The van der Waals surface area contributed by atoms with Crippen LogP contribution in [0.15, 0.2) is 15.8 Å². The van der Waals surface area contributed by atoms with Gasteiger partial charge in [-0.1, -0.05) is 12.8 Å². The number of rotatable bonds is 1. The van der Waals surface area contributed by atoms with Gasteiger partial charge in [-0.2, -0.15) is 0 Å². The average molecular weight is 272 g/mol. The average Bonchev–Trinajstić information content (AvgIpc) is 2.85. The molecule has 2 atom stereocenters. The van der Waals surface area contributed by atoms with Gasteiger partial charge in [0.2, 0.25) is 0 Å². The number of halogens is 1. The SMILES string of the molecule is Cc1cscc1NC1=NC2CCCCC2N1.Cl. The molecule has 3 rings (SSSR count). The Hall–Kier alpha value is -0.740. The fraction of sp³-hybridized carbons (Fsp3) is 0.583. The summed E-state index contributed by atoms with van der Waals surface area (Å²) in [5, 5.41) is 11.2. The molecular formula is C12H18ClN3S. The molecule has 2 N–H and O–H groups in total. The molecule has 1 aromatic heterocycles. The van der Waals surface area contributed by atoms with Gasteiger partial charge in [-0.25, -0.2) is 4.99 Å². The number of aryl methyl sites for hydroxylation is 1. The third-order valence-corrected chi connectivity index (χ3v) is 4.32. The van der Waals surface area contributed by atoms with Gasteiger partial charge in [0.15, 0.2) is 5.96 Å². The van der Waals surface area contributed by atoms with Gasteiger partial charge in [0, 0.05) is 5.38 Å². The summed E-state index contributed by atoms with van der Waals surface area (Å²) >= 11 is 1.73. The highest BCUT2D eigenvalue weighted by molar-refractivity contribution is 7.08. The van der Waals surface area contributed by atoms with Crippen LogP contribution in [-0.4, -0.2) is 18.0 Å². The molecule has 1 aliphatic carbocycles. The minimum absolute atomic E-state index is 0. The van der Waals surface area contributed by atoms with Crippen molar-refractivity contribution in [3.63, 3.8) is 0 Å². The van der Waals surface area contributed by atoms with E-state index in [2.05, 4.69) is 28.3 Å². The molecule has 0 spiro atoms. The zero-order chi connectivity index (χ0) is 11.0. The molecule has 1 fully saturated rings. The Morgan fingerprint density at radius 1 is 1.35 bits per heavy atom. The highest BCUT2D eigenvalue weighted by atomic mass is 35.5. The van der Waals surface area contributed by atoms with Crippen molar-refractivity contribution in [2.24, 2.45) is 4.99 Å². The molecule has 94 valence electrons. The molecule has 2 aliphatic rings. The van der Waals surface area contributed by atoms with Gasteiger partial charge in [-0.05, 0) is 30.7 Å². The predicted molar refractivity (Wildman–Crippen MR) is 76.5 cm³/mol. The first-order valence-electron chi connectivity index (χ1n) is 5.97. The summed E-state index contributed by atoms with van der Waals surface area (Å²) in [6.45, 7) is 2.13. The minimum Gasteiger partial charge on any atom is -0.351 e. The summed E-state index contributed by atoms with van der Waals surface area (Å²) in [5.41, 5.74) is 2.49. The highest BCUT2D eigenvalue weighted by Crippen LogP contribution is 2.26. The van der Waals surface area contributed by atoms with Crippen LogP contribution in [0.5, 0.6) is 0 Å². The van der Waals surface area contributed by atoms with Gasteiger partial charge in [-0.15, -0.1) is 23.7 Å². The quantitative estimate of drug-likeness (QED) is 0.823. The van der Waals surface area contributed by atoms with Crippen molar-refractivity contribution < 1.29 is 0 Å². The number of thiophene rings is 1. The van der Waals surface area contributed by atoms with E-state index < -0.39 is 0 Å². The summed E-state index contributed by atoms with van der Waals surface area (Å²) in [7, 11) is 0. The molecule has 1 saturated carbocycles. The van der Waals surface area contributed by atoms with Crippen molar-refractivity contribution in [3.05, 3.63) is 16.3 Å². The van der Waals surface area contributed by atoms with Crippen molar-refractivity contribution >= 4 is 35.4 Å². The van der Waals surface area contributed by atoms with Crippen LogP contribution in [0, 0.1) is 6.92 Å². The Bertz CT molecular complexity index is 416. The number of hydrogen-bond donors (Lipinski definition) is 2. The van der Waals surface area contributed by atoms with Crippen LogP contribution in [0.25, 0.3) is 0 Å². The van der Waals surface area contributed by atoms with E-state index in [0.717, 1.165) is 5.96 Å². The zero-order valence-electron chi connectivity index (χ0n) is 9.90. The first kappa shape index (κ1) is 12.7. The number of nitrogens with zero attached hydrogens (tertiary/aromatic N) is 1. The molecular weight excluding hydrogens is 254 g/mol. The van der Waals surface area contributed by atoms with Crippen molar-refractivity contribution in [2.45, 2.75) is 44.7 Å². The van der Waals surface area contributed by atoms with Crippen molar-refractivity contribution in [1.29, 1.82) is 0 Å². The van der Waals surface area contributed by atoms with Gasteiger partial charge >= 0.3 is 0 Å². The van der Waals surface area contributed by atoms with Crippen molar-refractivity contribution in [3.8, 4) is 0 Å². The van der Waals surface area contributed by atoms with Gasteiger partial charge in [0.1, 0.15) is 0 Å². The molecule has 1 aliphatic heterocycles. The second-order valence-electron chi connectivity index (χ2n) is 4.67. The molecule has 0 aromatic carbocycles. The summed E-state index contributed by atoms with van der Waals surface area (Å²) < 4.78 is 0. The molecule has 3 nitrogen and oxygen atoms in total. The van der Waals surface area contributed by atoms with Gasteiger partial charge in [0.05, 0.1) is 17.8 Å². The summed E-state index contributed by atoms with van der Waals surface area (Å²) in [4.78, 5) is 4.73. The molecule has 0 bridgehead atoms. The van der Waals surface area contributed by atoms with Crippen LogP contribution in [0.1, 0.15) is 31.2 Å². The van der Waals surface area contributed by atoms with Crippen molar-refractivity contribution in [1.82, 2.24) is 5.32 Å². The number of hydrogen-bond acceptors (Lipinski definition) is 4. The van der Waals surface area contributed by atoms with E-state index in [1.165, 1.54) is 36.9 Å². The smallest absolute Gasteiger partial charge is 0.196 e. The number of guanidine groups is 1. The second kappa shape index (κ2) is 5.27. The van der Waals surface area contributed by atoms with Crippen LogP contribution in [0.3, 0.4) is 0 Å². The maximum Gasteiger partial charge on any atom is 0.196 e. The van der Waals surface area contributed by atoms with E-state index in [9.17, 15) is 0 Å². The lowest BCUT2D eigenvalue weighted by Crippen LogP contribution is -2.38. The number of anilines is 1. The Labute approximate surface area is 112 Å². The van der Waals surface area contributed by atoms with Gasteiger partial charge in [-0.3, -0.25) is 0 Å². The third kappa shape index (κ3) is 2.58. The lowest BCUT2D eigenvalue weighted by atomic mass is 9.92. The molecule has 5 heteroatoms. The monoisotopic (exact) mass is 271 g/mol. The number of fused-ring (bicyclic) bond motifs is 1. The lowest BCUT2D eigenvalue weighted by Gasteiger charge is -2.23. The molecule has 2 heterocycles. The number of aliphatic imine (C=N–C) groups is 1. The molecule has 17 heavy (non-hydrogen) atoms. The first-order chi connectivity index (χ1) is 7.83. The fourth-order valence-corrected chi connectivity index (χ4v) is 3.28. The van der Waals surface area contributed by atoms with E-state index in [1.807, 2.05) is 0 Å². The van der Waals surface area contributed by atoms with Crippen LogP contribution >= 0.6 is 23.7 Å². The van der Waals surface area contributed by atoms with E-state index in [4.69, 9.17) is 4.99 Å². The van der Waals surface area contributed by atoms with E-state index >= 15 is 0 Å². The largest absolute Gasteiger partial charge is 0.351 e. The first-order valence-corrected chi connectivity index (χ1v) is 6.91. The van der Waals surface area contributed by atoms with Crippen LogP contribution in [0.4, 0.5) is 5.69 Å². The van der Waals surface area contributed by atoms with Crippen LogP contribution < -0.4 is 10.6 Å². The summed E-state index contributed by atoms with van der Waals surface area (Å²) in [6.07, 6.45) is 5.18. The molecule has 0 radical (unpaired) electrons. The lowest BCUT2D eigenvalue weighted by molar-refractivity contribution is 0.384. The van der Waals surface area contributed by atoms with Crippen LogP contribution in [-0.2, 0) is 0 Å². The zero-order valence-corrected chi connectivity index (χ0v) is 11.5. The predicted octanol–water partition coefficient (Wildman–Crippen LogP) is 3.16. The molecule has 1 aromatic rings. The topological polar surface area (TPSA) is 36.4 Å². The highest BCUT2D eigenvalue weighted by Gasteiger charge is 2.30. The molecule has 0 amide bonds.